The Hall–Kier alpha value is -1.03. The Morgan fingerprint density at radius 2 is 2.10 bits per heavy atom. The summed E-state index contributed by atoms with van der Waals surface area (Å²) < 4.78 is 3.08. The first-order chi connectivity index (χ1) is 9.69. The molecule has 0 aliphatic rings. The summed E-state index contributed by atoms with van der Waals surface area (Å²) in [6, 6.07) is 10.2. The van der Waals surface area contributed by atoms with Gasteiger partial charge in [0.1, 0.15) is 5.82 Å². The van der Waals surface area contributed by atoms with E-state index in [4.69, 9.17) is 28.2 Å². The summed E-state index contributed by atoms with van der Waals surface area (Å²) in [6.45, 7) is 2.91. The maximum atomic E-state index is 6.02. The van der Waals surface area contributed by atoms with Gasteiger partial charge in [-0.1, -0.05) is 23.7 Å². The molecule has 20 heavy (non-hydrogen) atoms. The fourth-order valence-electron chi connectivity index (χ4n) is 2.45. The molecule has 1 aromatic carbocycles. The number of hydrogen-bond acceptors (Lipinski definition) is 2. The van der Waals surface area contributed by atoms with Crippen molar-refractivity contribution in [3.05, 3.63) is 50.9 Å². The molecule has 0 N–H and O–H groups in total. The Balaban J connectivity index is 2.12. The Labute approximate surface area is 132 Å². The van der Waals surface area contributed by atoms with Crippen molar-refractivity contribution in [1.29, 1.82) is 0 Å². The van der Waals surface area contributed by atoms with Gasteiger partial charge in [0.15, 0.2) is 0 Å². The van der Waals surface area contributed by atoms with Gasteiger partial charge in [0, 0.05) is 17.2 Å². The van der Waals surface area contributed by atoms with Crippen molar-refractivity contribution in [3.63, 3.8) is 0 Å². The van der Waals surface area contributed by atoms with Gasteiger partial charge in [-0.25, -0.2) is 4.98 Å². The lowest BCUT2D eigenvalue weighted by Gasteiger charge is -2.08. The summed E-state index contributed by atoms with van der Waals surface area (Å²) >= 11 is 13.5. The van der Waals surface area contributed by atoms with E-state index >= 15 is 0 Å². The molecule has 2 aromatic heterocycles. The summed E-state index contributed by atoms with van der Waals surface area (Å²) in [4.78, 5) is 5.95. The van der Waals surface area contributed by atoms with Crippen LogP contribution in [0, 0.1) is 6.92 Å². The van der Waals surface area contributed by atoms with Gasteiger partial charge in [-0.15, -0.1) is 22.9 Å². The van der Waals surface area contributed by atoms with E-state index in [0.717, 1.165) is 28.6 Å². The van der Waals surface area contributed by atoms with E-state index in [-0.39, 0.29) is 0 Å². The van der Waals surface area contributed by atoms with Gasteiger partial charge >= 0.3 is 0 Å². The van der Waals surface area contributed by atoms with E-state index in [1.54, 1.807) is 11.3 Å². The predicted octanol–water partition coefficient (Wildman–Crippen LogP) is 4.89. The number of rotatable bonds is 4. The van der Waals surface area contributed by atoms with Gasteiger partial charge in [-0.3, -0.25) is 0 Å². The Morgan fingerprint density at radius 1 is 1.25 bits per heavy atom. The zero-order chi connectivity index (χ0) is 14.1. The Kier molecular flexibility index (Phi) is 4.01. The lowest BCUT2D eigenvalue weighted by Crippen LogP contribution is -2.05. The molecule has 0 saturated heterocycles. The second kappa shape index (κ2) is 5.76. The summed E-state index contributed by atoms with van der Waals surface area (Å²) in [5.41, 5.74) is 3.46. The van der Waals surface area contributed by atoms with Gasteiger partial charge in [-0.05, 0) is 30.7 Å². The van der Waals surface area contributed by atoms with Gasteiger partial charge in [0.25, 0.3) is 0 Å². The van der Waals surface area contributed by atoms with Crippen LogP contribution in [-0.4, -0.2) is 15.4 Å². The van der Waals surface area contributed by atoms with Crippen molar-refractivity contribution in [2.75, 3.05) is 5.88 Å². The van der Waals surface area contributed by atoms with Crippen LogP contribution in [-0.2, 0) is 13.0 Å². The topological polar surface area (TPSA) is 17.8 Å². The van der Waals surface area contributed by atoms with Crippen LogP contribution in [0.1, 0.15) is 16.3 Å². The number of benzene rings is 1. The summed E-state index contributed by atoms with van der Waals surface area (Å²) in [6.07, 6.45) is 0.773. The molecule has 104 valence electrons. The molecule has 3 aromatic rings. The zero-order valence-electron chi connectivity index (χ0n) is 11.1. The van der Waals surface area contributed by atoms with Crippen LogP contribution in [0.3, 0.4) is 0 Å². The third kappa shape index (κ3) is 2.58. The highest BCUT2D eigenvalue weighted by Gasteiger charge is 2.13. The number of hydrogen-bond donors (Lipinski definition) is 0. The molecule has 0 unspecified atom stereocenters. The van der Waals surface area contributed by atoms with E-state index in [2.05, 4.69) is 29.7 Å². The SMILES string of the molecule is Cc1cccc2nc(CCCl)n(Cc3ccc(Cl)s3)c12. The smallest absolute Gasteiger partial charge is 0.111 e. The second-order valence-corrected chi connectivity index (χ2v) is 6.88. The lowest BCUT2D eigenvalue weighted by atomic mass is 10.2. The first-order valence-corrected chi connectivity index (χ1v) is 8.17. The number of nitrogens with zero attached hydrogens (tertiary/aromatic N) is 2. The minimum Gasteiger partial charge on any atom is -0.322 e. The van der Waals surface area contributed by atoms with Crippen LogP contribution in [0.2, 0.25) is 4.34 Å². The first-order valence-electron chi connectivity index (χ1n) is 6.44. The molecule has 0 radical (unpaired) electrons. The van der Waals surface area contributed by atoms with E-state index in [9.17, 15) is 0 Å². The zero-order valence-corrected chi connectivity index (χ0v) is 13.4. The molecule has 0 atom stereocenters. The fraction of sp³-hybridized carbons (Fsp3) is 0.267. The van der Waals surface area contributed by atoms with Crippen molar-refractivity contribution >= 4 is 45.6 Å². The molecular weight excluding hydrogens is 311 g/mol. The number of aryl methyl sites for hydroxylation is 2. The lowest BCUT2D eigenvalue weighted by molar-refractivity contribution is 0.762. The van der Waals surface area contributed by atoms with Crippen LogP contribution >= 0.6 is 34.5 Å². The molecule has 5 heteroatoms. The molecule has 3 rings (SSSR count). The molecular formula is C15H14Cl2N2S. The second-order valence-electron chi connectivity index (χ2n) is 4.70. The van der Waals surface area contributed by atoms with Gasteiger partial charge in [0.05, 0.1) is 21.9 Å². The Morgan fingerprint density at radius 3 is 2.80 bits per heavy atom. The van der Waals surface area contributed by atoms with Crippen LogP contribution in [0.4, 0.5) is 0 Å². The Bertz CT molecular complexity index is 745. The van der Waals surface area contributed by atoms with Gasteiger partial charge in [0.2, 0.25) is 0 Å². The number of para-hydroxylation sites is 1. The average molecular weight is 325 g/mol. The monoisotopic (exact) mass is 324 g/mol. The minimum absolute atomic E-state index is 0.577. The highest BCUT2D eigenvalue weighted by Crippen LogP contribution is 2.26. The van der Waals surface area contributed by atoms with Crippen molar-refractivity contribution in [1.82, 2.24) is 9.55 Å². The molecule has 0 aliphatic heterocycles. The van der Waals surface area contributed by atoms with Crippen LogP contribution in [0.25, 0.3) is 11.0 Å². The first kappa shape index (κ1) is 13.9. The number of halogens is 2. The largest absolute Gasteiger partial charge is 0.322 e. The summed E-state index contributed by atoms with van der Waals surface area (Å²) in [7, 11) is 0. The van der Waals surface area contributed by atoms with Crippen LogP contribution < -0.4 is 0 Å². The standard InChI is InChI=1S/C15H14Cl2N2S/c1-10-3-2-4-12-15(10)19(14(18-12)7-8-16)9-11-5-6-13(17)20-11/h2-6H,7-9H2,1H3. The van der Waals surface area contributed by atoms with Crippen molar-refractivity contribution in [3.8, 4) is 0 Å². The number of imidazole rings is 1. The molecule has 0 amide bonds. The minimum atomic E-state index is 0.577. The molecule has 2 nitrogen and oxygen atoms in total. The average Bonchev–Trinajstić information content (AvgIpc) is 2.96. The van der Waals surface area contributed by atoms with Crippen LogP contribution in [0.15, 0.2) is 30.3 Å². The maximum Gasteiger partial charge on any atom is 0.111 e. The number of fused-ring (bicyclic) bond motifs is 1. The number of aromatic nitrogens is 2. The number of alkyl halides is 1. The molecule has 0 spiro atoms. The predicted molar refractivity (Wildman–Crippen MR) is 87.3 cm³/mol. The van der Waals surface area contributed by atoms with Crippen molar-refractivity contribution in [2.45, 2.75) is 19.9 Å². The molecule has 2 heterocycles. The normalized spacial score (nSPS) is 11.3. The number of thiophene rings is 1. The maximum absolute atomic E-state index is 6.02. The highest BCUT2D eigenvalue weighted by atomic mass is 35.5. The summed E-state index contributed by atoms with van der Waals surface area (Å²) in [5, 5.41) is 0. The van der Waals surface area contributed by atoms with E-state index in [1.165, 1.54) is 16.0 Å². The van der Waals surface area contributed by atoms with Crippen molar-refractivity contribution in [2.24, 2.45) is 0 Å². The van der Waals surface area contributed by atoms with Crippen LogP contribution in [0.5, 0.6) is 0 Å². The fourth-order valence-corrected chi connectivity index (χ4v) is 3.70. The van der Waals surface area contributed by atoms with E-state index in [0.29, 0.717) is 5.88 Å². The molecule has 0 fully saturated rings. The van der Waals surface area contributed by atoms with E-state index in [1.807, 2.05) is 12.1 Å². The molecule has 0 aliphatic carbocycles. The van der Waals surface area contributed by atoms with Gasteiger partial charge in [-0.2, -0.15) is 0 Å². The third-order valence-corrected chi connectivity index (χ3v) is 4.71. The quantitative estimate of drug-likeness (QED) is 0.625. The highest BCUT2D eigenvalue weighted by molar-refractivity contribution is 7.16. The van der Waals surface area contributed by atoms with E-state index < -0.39 is 0 Å². The third-order valence-electron chi connectivity index (χ3n) is 3.31. The van der Waals surface area contributed by atoms with Gasteiger partial charge < -0.3 is 4.57 Å². The molecule has 0 bridgehead atoms. The molecule has 0 saturated carbocycles. The van der Waals surface area contributed by atoms with Crippen molar-refractivity contribution < 1.29 is 0 Å². The summed E-state index contributed by atoms with van der Waals surface area (Å²) in [5.74, 6) is 1.61.